The van der Waals surface area contributed by atoms with E-state index in [2.05, 4.69) is 15.5 Å². The quantitative estimate of drug-likeness (QED) is 0.459. The van der Waals surface area contributed by atoms with Crippen LogP contribution in [0.5, 0.6) is 0 Å². The first kappa shape index (κ1) is 20.9. The van der Waals surface area contributed by atoms with Gasteiger partial charge in [-0.3, -0.25) is 14.5 Å². The summed E-state index contributed by atoms with van der Waals surface area (Å²) in [7, 11) is 3.63. The number of hydrogen-bond donors (Lipinski definition) is 2. The molecule has 1 heterocycles. The van der Waals surface area contributed by atoms with E-state index in [1.54, 1.807) is 38.3 Å². The molecule has 1 atom stereocenters. The Morgan fingerprint density at radius 2 is 1.96 bits per heavy atom. The van der Waals surface area contributed by atoms with E-state index in [0.29, 0.717) is 25.3 Å². The predicted octanol–water partition coefficient (Wildman–Crippen LogP) is 0.538. The van der Waals surface area contributed by atoms with Crippen molar-refractivity contribution in [2.45, 2.75) is 18.9 Å². The second-order valence-electron chi connectivity index (χ2n) is 6.81. The van der Waals surface area contributed by atoms with Crippen LogP contribution in [0.2, 0.25) is 0 Å². The molecule has 0 unspecified atom stereocenters. The minimum Gasteiger partial charge on any atom is -0.385 e. The zero-order valence-corrected chi connectivity index (χ0v) is 16.2. The fraction of sp³-hybridized carbons (Fsp3) is 0.526. The molecule has 0 aliphatic carbocycles. The normalized spacial score (nSPS) is 19.5. The Labute approximate surface area is 159 Å². The first-order valence-corrected chi connectivity index (χ1v) is 9.02. The van der Waals surface area contributed by atoms with Gasteiger partial charge in [-0.25, -0.2) is 4.79 Å². The molecule has 1 aliphatic rings. The number of nitrogens with one attached hydrogen (secondary N) is 2. The first-order chi connectivity index (χ1) is 12.9. The highest BCUT2D eigenvalue weighted by Crippen LogP contribution is 2.28. The van der Waals surface area contributed by atoms with Gasteiger partial charge in [-0.1, -0.05) is 30.3 Å². The van der Waals surface area contributed by atoms with Crippen molar-refractivity contribution < 1.29 is 19.1 Å². The van der Waals surface area contributed by atoms with Gasteiger partial charge in [0, 0.05) is 33.4 Å². The third-order valence-electron chi connectivity index (χ3n) is 4.63. The lowest BCUT2D eigenvalue weighted by Crippen LogP contribution is -2.44. The topological polar surface area (TPSA) is 91.0 Å². The maximum Gasteiger partial charge on any atom is 0.325 e. The Hall–Kier alpha value is -2.45. The largest absolute Gasteiger partial charge is 0.385 e. The summed E-state index contributed by atoms with van der Waals surface area (Å²) in [5.74, 6) is -0.786. The van der Waals surface area contributed by atoms with Crippen LogP contribution in [0.15, 0.2) is 30.3 Å². The highest BCUT2D eigenvalue weighted by molar-refractivity contribution is 6.09. The van der Waals surface area contributed by atoms with Crippen LogP contribution < -0.4 is 10.6 Å². The van der Waals surface area contributed by atoms with Gasteiger partial charge >= 0.3 is 6.03 Å². The molecule has 8 heteroatoms. The maximum absolute atomic E-state index is 12.7. The fourth-order valence-corrected chi connectivity index (χ4v) is 2.98. The summed E-state index contributed by atoms with van der Waals surface area (Å²) < 4.78 is 5.01. The van der Waals surface area contributed by atoms with Gasteiger partial charge in [0.15, 0.2) is 0 Å². The predicted molar refractivity (Wildman–Crippen MR) is 101 cm³/mol. The molecule has 1 aliphatic heterocycles. The average molecular weight is 376 g/mol. The minimum atomic E-state index is -1.15. The van der Waals surface area contributed by atoms with Gasteiger partial charge in [-0.15, -0.1) is 0 Å². The molecule has 0 aromatic heterocycles. The van der Waals surface area contributed by atoms with E-state index in [-0.39, 0.29) is 12.5 Å². The lowest BCUT2D eigenvalue weighted by atomic mass is 9.92. The van der Waals surface area contributed by atoms with Crippen LogP contribution in [0.1, 0.15) is 18.9 Å². The first-order valence-electron chi connectivity index (χ1n) is 9.02. The van der Waals surface area contributed by atoms with Crippen LogP contribution in [0.4, 0.5) is 4.79 Å². The third kappa shape index (κ3) is 5.27. The van der Waals surface area contributed by atoms with Crippen LogP contribution in [0, 0.1) is 0 Å². The van der Waals surface area contributed by atoms with Crippen molar-refractivity contribution in [2.24, 2.45) is 0 Å². The van der Waals surface area contributed by atoms with Gasteiger partial charge in [-0.2, -0.15) is 0 Å². The molecule has 0 spiro atoms. The smallest absolute Gasteiger partial charge is 0.325 e. The number of rotatable bonds is 10. The second-order valence-corrected chi connectivity index (χ2v) is 6.81. The Balaban J connectivity index is 1.84. The standard InChI is InChI=1S/C19H28N4O4/c1-19(15-8-5-4-6-9-15)17(25)23(18(26)21-19)14-16(24)20-10-12-22(2)11-7-13-27-3/h4-6,8-9H,7,10-14H2,1-3H3,(H,20,24)(H,21,26)/t19-/m0/s1. The minimum absolute atomic E-state index is 0.291. The molecule has 4 amide bonds. The van der Waals surface area contributed by atoms with E-state index in [9.17, 15) is 14.4 Å². The lowest BCUT2D eigenvalue weighted by molar-refractivity contribution is -0.134. The van der Waals surface area contributed by atoms with Crippen molar-refractivity contribution in [2.75, 3.05) is 46.9 Å². The van der Waals surface area contributed by atoms with E-state index >= 15 is 0 Å². The number of benzene rings is 1. The summed E-state index contributed by atoms with van der Waals surface area (Å²) in [4.78, 5) is 40.2. The van der Waals surface area contributed by atoms with Crippen LogP contribution in [0.3, 0.4) is 0 Å². The number of urea groups is 1. The van der Waals surface area contributed by atoms with Gasteiger partial charge in [0.2, 0.25) is 5.91 Å². The monoisotopic (exact) mass is 376 g/mol. The summed E-state index contributed by atoms with van der Waals surface area (Å²) in [5, 5.41) is 5.45. The fourth-order valence-electron chi connectivity index (χ4n) is 2.98. The summed E-state index contributed by atoms with van der Waals surface area (Å²) in [6.45, 7) is 4.05. The van der Waals surface area contributed by atoms with Crippen LogP contribution in [-0.2, 0) is 19.9 Å². The van der Waals surface area contributed by atoms with Crippen LogP contribution in [-0.4, -0.2) is 74.6 Å². The van der Waals surface area contributed by atoms with E-state index < -0.39 is 17.5 Å². The number of nitrogens with zero attached hydrogens (tertiary/aromatic N) is 2. The zero-order chi connectivity index (χ0) is 19.9. The number of ether oxygens (including phenoxy) is 1. The second kappa shape index (κ2) is 9.48. The summed E-state index contributed by atoms with van der Waals surface area (Å²) in [6, 6.07) is 8.45. The molecule has 1 saturated heterocycles. The van der Waals surface area contributed by atoms with E-state index in [4.69, 9.17) is 4.74 Å². The molecule has 1 aromatic rings. The molecule has 8 nitrogen and oxygen atoms in total. The maximum atomic E-state index is 12.7. The Morgan fingerprint density at radius 1 is 1.26 bits per heavy atom. The van der Waals surface area contributed by atoms with E-state index in [1.807, 2.05) is 13.1 Å². The number of carbonyl (C=O) groups is 3. The Kier molecular flexibility index (Phi) is 7.32. The number of carbonyl (C=O) groups excluding carboxylic acids is 3. The highest BCUT2D eigenvalue weighted by atomic mass is 16.5. The molecule has 0 bridgehead atoms. The lowest BCUT2D eigenvalue weighted by Gasteiger charge is -2.22. The van der Waals surface area contributed by atoms with E-state index in [0.717, 1.165) is 17.9 Å². The molecule has 1 aromatic carbocycles. The number of methoxy groups -OCH3 is 1. The van der Waals surface area contributed by atoms with Crippen molar-refractivity contribution in [1.82, 2.24) is 20.4 Å². The molecule has 0 saturated carbocycles. The van der Waals surface area contributed by atoms with Gasteiger partial charge in [0.05, 0.1) is 0 Å². The van der Waals surface area contributed by atoms with Crippen molar-refractivity contribution in [3.63, 3.8) is 0 Å². The Morgan fingerprint density at radius 3 is 2.63 bits per heavy atom. The van der Waals surface area contributed by atoms with Gasteiger partial charge in [0.25, 0.3) is 5.91 Å². The van der Waals surface area contributed by atoms with Crippen LogP contribution in [0.25, 0.3) is 0 Å². The number of imide groups is 1. The summed E-state index contributed by atoms with van der Waals surface area (Å²) >= 11 is 0. The number of amides is 4. The molecule has 0 radical (unpaired) electrons. The molecule has 2 N–H and O–H groups in total. The van der Waals surface area contributed by atoms with Gasteiger partial charge < -0.3 is 20.3 Å². The van der Waals surface area contributed by atoms with Crippen molar-refractivity contribution in [3.8, 4) is 0 Å². The molecule has 1 fully saturated rings. The summed E-state index contributed by atoms with van der Waals surface area (Å²) in [5.41, 5.74) is -0.468. The molecule has 2 rings (SSSR count). The zero-order valence-electron chi connectivity index (χ0n) is 16.2. The Bertz CT molecular complexity index is 667. The summed E-state index contributed by atoms with van der Waals surface area (Å²) in [6.07, 6.45) is 0.918. The van der Waals surface area contributed by atoms with Crippen LogP contribution >= 0.6 is 0 Å². The molecular formula is C19H28N4O4. The highest BCUT2D eigenvalue weighted by Gasteiger charge is 2.49. The SMILES string of the molecule is COCCCN(C)CCNC(=O)CN1C(=O)N[C@@](C)(c2ccccc2)C1=O. The van der Waals surface area contributed by atoms with Crippen molar-refractivity contribution in [3.05, 3.63) is 35.9 Å². The van der Waals surface area contributed by atoms with Crippen molar-refractivity contribution in [1.29, 1.82) is 0 Å². The molecular weight excluding hydrogens is 348 g/mol. The van der Waals surface area contributed by atoms with E-state index in [1.165, 1.54) is 0 Å². The van der Waals surface area contributed by atoms with Gasteiger partial charge in [0.1, 0.15) is 12.1 Å². The van der Waals surface area contributed by atoms with Gasteiger partial charge in [-0.05, 0) is 26.0 Å². The van der Waals surface area contributed by atoms with Crippen molar-refractivity contribution >= 4 is 17.8 Å². The molecule has 148 valence electrons. The average Bonchev–Trinajstić information content (AvgIpc) is 2.87. The number of hydrogen-bond acceptors (Lipinski definition) is 5. The number of likely N-dealkylation sites (N-methyl/N-ethyl adjacent to an activating group) is 1. The molecule has 27 heavy (non-hydrogen) atoms. The third-order valence-corrected chi connectivity index (χ3v) is 4.63.